The van der Waals surface area contributed by atoms with E-state index in [1.165, 1.54) is 5.56 Å². The summed E-state index contributed by atoms with van der Waals surface area (Å²) in [5.74, 6) is 0.927. The molecule has 0 saturated heterocycles. The zero-order valence-electron chi connectivity index (χ0n) is 17.2. The first kappa shape index (κ1) is 21.4. The van der Waals surface area contributed by atoms with Crippen molar-refractivity contribution >= 4 is 6.03 Å². The number of amides is 2. The van der Waals surface area contributed by atoms with Gasteiger partial charge in [-0.25, -0.2) is 4.79 Å². The second kappa shape index (κ2) is 12.3. The predicted molar refractivity (Wildman–Crippen MR) is 120 cm³/mol. The van der Waals surface area contributed by atoms with E-state index in [-0.39, 0.29) is 6.03 Å². The van der Waals surface area contributed by atoms with Gasteiger partial charge in [0.2, 0.25) is 0 Å². The number of nitrogens with zero attached hydrogens (tertiary/aromatic N) is 1. The lowest BCUT2D eigenvalue weighted by Gasteiger charge is -2.11. The molecule has 2 amide bonds. The van der Waals surface area contributed by atoms with Crippen LogP contribution in [0.5, 0.6) is 5.75 Å². The van der Waals surface area contributed by atoms with Crippen molar-refractivity contribution in [1.82, 2.24) is 15.6 Å². The highest BCUT2D eigenvalue weighted by Crippen LogP contribution is 2.29. The molecule has 2 N–H and O–H groups in total. The molecule has 1 heterocycles. The molecule has 0 saturated carbocycles. The van der Waals surface area contributed by atoms with E-state index in [2.05, 4.69) is 33.8 Å². The maximum absolute atomic E-state index is 11.8. The van der Waals surface area contributed by atoms with E-state index < -0.39 is 0 Å². The first-order valence-electron chi connectivity index (χ1n) is 10.5. The Morgan fingerprint density at radius 2 is 1.53 bits per heavy atom. The summed E-state index contributed by atoms with van der Waals surface area (Å²) >= 11 is 0. The second-order valence-electron chi connectivity index (χ2n) is 7.09. The van der Waals surface area contributed by atoms with Crippen molar-refractivity contribution in [3.8, 4) is 16.9 Å². The fourth-order valence-corrected chi connectivity index (χ4v) is 3.16. The molecular formula is C25H29N3O2. The van der Waals surface area contributed by atoms with Gasteiger partial charge in [0, 0.05) is 31.0 Å². The number of rotatable bonds is 11. The molecular weight excluding hydrogens is 374 g/mol. The quantitative estimate of drug-likeness (QED) is 0.433. The Morgan fingerprint density at radius 3 is 2.37 bits per heavy atom. The highest BCUT2D eigenvalue weighted by Gasteiger charge is 2.05. The van der Waals surface area contributed by atoms with Crippen LogP contribution in [-0.4, -0.2) is 24.2 Å². The van der Waals surface area contributed by atoms with Gasteiger partial charge in [-0.15, -0.1) is 0 Å². The third-order valence-corrected chi connectivity index (χ3v) is 4.79. The molecule has 0 fully saturated rings. The Morgan fingerprint density at radius 1 is 0.800 bits per heavy atom. The van der Waals surface area contributed by atoms with Crippen LogP contribution in [0.4, 0.5) is 4.79 Å². The van der Waals surface area contributed by atoms with Gasteiger partial charge >= 0.3 is 6.03 Å². The average molecular weight is 404 g/mol. The third kappa shape index (κ3) is 7.24. The minimum Gasteiger partial charge on any atom is -0.493 e. The van der Waals surface area contributed by atoms with Crippen molar-refractivity contribution in [3.05, 3.63) is 84.7 Å². The Kier molecular flexibility index (Phi) is 8.74. The minimum atomic E-state index is -0.132. The standard InChI is InChI=1S/C25H29N3O2/c29-25(28-20-21-14-17-26-18-15-21)27-16-8-1-2-9-19-30-24-13-7-6-12-23(24)22-10-4-3-5-11-22/h3-7,10-15,17-18H,1-2,8-9,16,19-20H2,(H2,27,28,29). The Balaban J connectivity index is 1.26. The van der Waals surface area contributed by atoms with Gasteiger partial charge in [-0.3, -0.25) is 4.98 Å². The number of pyridine rings is 1. The van der Waals surface area contributed by atoms with Crippen LogP contribution in [0, 0.1) is 0 Å². The summed E-state index contributed by atoms with van der Waals surface area (Å²) in [5.41, 5.74) is 3.33. The molecule has 2 aromatic carbocycles. The smallest absolute Gasteiger partial charge is 0.315 e. The number of hydrogen-bond acceptors (Lipinski definition) is 3. The van der Waals surface area contributed by atoms with Crippen molar-refractivity contribution in [2.75, 3.05) is 13.2 Å². The number of carbonyl (C=O) groups excluding carboxylic acids is 1. The first-order chi connectivity index (χ1) is 14.8. The van der Waals surface area contributed by atoms with Crippen LogP contribution < -0.4 is 15.4 Å². The molecule has 156 valence electrons. The molecule has 0 aliphatic carbocycles. The van der Waals surface area contributed by atoms with Crippen molar-refractivity contribution in [3.63, 3.8) is 0 Å². The first-order valence-corrected chi connectivity index (χ1v) is 10.5. The largest absolute Gasteiger partial charge is 0.493 e. The predicted octanol–water partition coefficient (Wildman–Crippen LogP) is 5.19. The molecule has 0 spiro atoms. The molecule has 5 heteroatoms. The highest BCUT2D eigenvalue weighted by molar-refractivity contribution is 5.73. The summed E-state index contributed by atoms with van der Waals surface area (Å²) in [4.78, 5) is 15.8. The maximum Gasteiger partial charge on any atom is 0.315 e. The van der Waals surface area contributed by atoms with Gasteiger partial charge in [0.1, 0.15) is 5.75 Å². The van der Waals surface area contributed by atoms with E-state index in [0.29, 0.717) is 19.7 Å². The molecule has 30 heavy (non-hydrogen) atoms. The van der Waals surface area contributed by atoms with Gasteiger partial charge in [0.25, 0.3) is 0 Å². The van der Waals surface area contributed by atoms with Crippen LogP contribution in [0.25, 0.3) is 11.1 Å². The van der Waals surface area contributed by atoms with Crippen LogP contribution >= 0.6 is 0 Å². The lowest BCUT2D eigenvalue weighted by Crippen LogP contribution is -2.35. The third-order valence-electron chi connectivity index (χ3n) is 4.79. The highest BCUT2D eigenvalue weighted by atomic mass is 16.5. The molecule has 0 radical (unpaired) electrons. The lowest BCUT2D eigenvalue weighted by atomic mass is 10.1. The average Bonchev–Trinajstić information content (AvgIpc) is 2.81. The summed E-state index contributed by atoms with van der Waals surface area (Å²) in [5, 5.41) is 5.75. The number of aromatic nitrogens is 1. The molecule has 0 aliphatic heterocycles. The van der Waals surface area contributed by atoms with E-state index >= 15 is 0 Å². The van der Waals surface area contributed by atoms with Gasteiger partial charge in [-0.2, -0.15) is 0 Å². The second-order valence-corrected chi connectivity index (χ2v) is 7.09. The molecule has 0 unspecified atom stereocenters. The summed E-state index contributed by atoms with van der Waals surface area (Å²) in [7, 11) is 0. The maximum atomic E-state index is 11.8. The van der Waals surface area contributed by atoms with Gasteiger partial charge in [0.15, 0.2) is 0 Å². The molecule has 1 aromatic heterocycles. The number of para-hydroxylation sites is 1. The molecule has 3 rings (SSSR count). The van der Waals surface area contributed by atoms with Gasteiger partial charge in [-0.05, 0) is 42.2 Å². The monoisotopic (exact) mass is 403 g/mol. The zero-order chi connectivity index (χ0) is 20.9. The molecule has 0 atom stereocenters. The van der Waals surface area contributed by atoms with Crippen molar-refractivity contribution in [2.24, 2.45) is 0 Å². The van der Waals surface area contributed by atoms with Crippen molar-refractivity contribution < 1.29 is 9.53 Å². The Labute approximate surface area is 178 Å². The number of unbranched alkanes of at least 4 members (excludes halogenated alkanes) is 3. The van der Waals surface area contributed by atoms with Crippen molar-refractivity contribution in [1.29, 1.82) is 0 Å². The number of hydrogen-bond donors (Lipinski definition) is 2. The molecule has 3 aromatic rings. The minimum absolute atomic E-state index is 0.132. The number of ether oxygens (including phenoxy) is 1. The fraction of sp³-hybridized carbons (Fsp3) is 0.280. The molecule has 5 nitrogen and oxygen atoms in total. The lowest BCUT2D eigenvalue weighted by molar-refractivity contribution is 0.240. The summed E-state index contributed by atoms with van der Waals surface area (Å²) in [6.45, 7) is 1.89. The number of benzene rings is 2. The SMILES string of the molecule is O=C(NCCCCCCOc1ccccc1-c1ccccc1)NCc1ccncc1. The van der Waals surface area contributed by atoms with Crippen LogP contribution in [0.2, 0.25) is 0 Å². The van der Waals surface area contributed by atoms with Gasteiger partial charge < -0.3 is 15.4 Å². The number of urea groups is 1. The summed E-state index contributed by atoms with van der Waals surface area (Å²) < 4.78 is 6.03. The Hall–Kier alpha value is -3.34. The molecule has 0 bridgehead atoms. The molecule has 0 aliphatic rings. The van der Waals surface area contributed by atoms with Crippen LogP contribution in [0.15, 0.2) is 79.1 Å². The summed E-state index contributed by atoms with van der Waals surface area (Å²) in [6.07, 6.45) is 7.54. The van der Waals surface area contributed by atoms with Crippen molar-refractivity contribution in [2.45, 2.75) is 32.2 Å². The van der Waals surface area contributed by atoms with Crippen LogP contribution in [-0.2, 0) is 6.54 Å². The van der Waals surface area contributed by atoms with E-state index in [9.17, 15) is 4.79 Å². The fourth-order valence-electron chi connectivity index (χ4n) is 3.16. The van der Waals surface area contributed by atoms with E-state index in [4.69, 9.17) is 4.74 Å². The van der Waals surface area contributed by atoms with Crippen LogP contribution in [0.1, 0.15) is 31.2 Å². The van der Waals surface area contributed by atoms with E-state index in [1.54, 1.807) is 12.4 Å². The normalized spacial score (nSPS) is 10.4. The van der Waals surface area contributed by atoms with Crippen LogP contribution in [0.3, 0.4) is 0 Å². The number of carbonyl (C=O) groups is 1. The summed E-state index contributed by atoms with van der Waals surface area (Å²) in [6, 6.07) is 22.1. The van der Waals surface area contributed by atoms with Gasteiger partial charge in [0.05, 0.1) is 6.61 Å². The van der Waals surface area contributed by atoms with E-state index in [0.717, 1.165) is 42.6 Å². The zero-order valence-corrected chi connectivity index (χ0v) is 17.2. The number of nitrogens with one attached hydrogen (secondary N) is 2. The van der Waals surface area contributed by atoms with E-state index in [1.807, 2.05) is 48.5 Å². The topological polar surface area (TPSA) is 63.2 Å². The van der Waals surface area contributed by atoms with Gasteiger partial charge in [-0.1, -0.05) is 61.4 Å². The Bertz CT molecular complexity index is 885.